The first-order chi connectivity index (χ1) is 42.5. The van der Waals surface area contributed by atoms with Crippen molar-refractivity contribution in [2.45, 2.75) is 77.1 Å². The molecular formula is C72H46F12O2S4. The van der Waals surface area contributed by atoms with Gasteiger partial charge in [0.15, 0.2) is 0 Å². The first kappa shape index (κ1) is 59.5. The summed E-state index contributed by atoms with van der Waals surface area (Å²) >= 11 is 4.10. The largest absolute Gasteiger partial charge is 0.507 e. The lowest BCUT2D eigenvalue weighted by Gasteiger charge is -2.26. The van der Waals surface area contributed by atoms with Crippen LogP contribution in [0.5, 0.6) is 11.5 Å². The van der Waals surface area contributed by atoms with Gasteiger partial charge >= 0.3 is 35.5 Å². The molecule has 0 bridgehead atoms. The maximum Gasteiger partial charge on any atom is 0.380 e. The first-order valence-electron chi connectivity index (χ1n) is 28.2. The Kier molecular flexibility index (Phi) is 13.3. The van der Waals surface area contributed by atoms with Gasteiger partial charge in [0.2, 0.25) is 0 Å². The predicted molar refractivity (Wildman–Crippen MR) is 343 cm³/mol. The van der Waals surface area contributed by atoms with E-state index in [0.29, 0.717) is 74.1 Å². The zero-order valence-electron chi connectivity index (χ0n) is 48.1. The van der Waals surface area contributed by atoms with E-state index in [9.17, 15) is 10.2 Å². The molecule has 4 heterocycles. The molecule has 454 valence electrons. The number of phenolic OH excluding ortho intramolecular Hbond substituents is 2. The number of phenols is 2. The van der Waals surface area contributed by atoms with E-state index < -0.39 is 57.8 Å². The van der Waals surface area contributed by atoms with Gasteiger partial charge in [-0.05, 0) is 121 Å². The normalized spacial score (nSPS) is 17.3. The van der Waals surface area contributed by atoms with Crippen LogP contribution in [0.15, 0.2) is 158 Å². The molecule has 2 aliphatic carbocycles. The Bertz CT molecular complexity index is 4800. The van der Waals surface area contributed by atoms with E-state index in [4.69, 9.17) is 0 Å². The second-order valence-corrected chi connectivity index (χ2v) is 27.8. The summed E-state index contributed by atoms with van der Waals surface area (Å²) in [6.45, 7) is 8.67. The van der Waals surface area contributed by atoms with Gasteiger partial charge in [-0.2, -0.15) is 52.7 Å². The van der Waals surface area contributed by atoms with E-state index in [1.54, 1.807) is 121 Å². The molecule has 0 radical (unpaired) electrons. The Hall–Kier alpha value is -8.16. The highest BCUT2D eigenvalue weighted by molar-refractivity contribution is 7.20. The van der Waals surface area contributed by atoms with Crippen molar-refractivity contribution >= 4 is 109 Å². The predicted octanol–water partition coefficient (Wildman–Crippen LogP) is 23.8. The molecular weight excluding hydrogens is 1250 g/mol. The summed E-state index contributed by atoms with van der Waals surface area (Å²) in [6.07, 6.45) is 0. The first-order valence-corrected chi connectivity index (χ1v) is 31.5. The van der Waals surface area contributed by atoms with Crippen LogP contribution >= 0.6 is 45.3 Å². The summed E-state index contributed by atoms with van der Waals surface area (Å²) < 4.78 is 194. The molecule has 0 amide bonds. The quantitative estimate of drug-likeness (QED) is 0.141. The van der Waals surface area contributed by atoms with Crippen molar-refractivity contribution in [3.8, 4) is 65.8 Å². The zero-order chi connectivity index (χ0) is 63.8. The van der Waals surface area contributed by atoms with Crippen LogP contribution in [0.3, 0.4) is 0 Å². The third kappa shape index (κ3) is 8.08. The van der Waals surface area contributed by atoms with Gasteiger partial charge in [0.25, 0.3) is 0 Å². The van der Waals surface area contributed by atoms with Crippen LogP contribution in [0, 0.1) is 41.5 Å². The van der Waals surface area contributed by atoms with Crippen LogP contribution in [-0.4, -0.2) is 45.7 Å². The number of rotatable bonds is 9. The minimum Gasteiger partial charge on any atom is -0.507 e. The molecule has 90 heavy (non-hydrogen) atoms. The van der Waals surface area contributed by atoms with E-state index >= 15 is 52.7 Å². The van der Waals surface area contributed by atoms with Crippen LogP contribution in [0.25, 0.3) is 118 Å². The Labute approximate surface area is 522 Å². The van der Waals surface area contributed by atoms with Gasteiger partial charge in [0.1, 0.15) is 11.5 Å². The highest BCUT2D eigenvalue weighted by Crippen LogP contribution is 2.69. The Balaban J connectivity index is 0.855. The van der Waals surface area contributed by atoms with Crippen molar-refractivity contribution in [2.24, 2.45) is 0 Å². The van der Waals surface area contributed by atoms with Crippen LogP contribution in [0.1, 0.15) is 52.9 Å². The zero-order valence-corrected chi connectivity index (χ0v) is 51.3. The molecule has 2 nitrogen and oxygen atoms in total. The summed E-state index contributed by atoms with van der Waals surface area (Å²) in [5, 5.41) is 28.2. The molecule has 0 saturated heterocycles. The second kappa shape index (κ2) is 20.2. The smallest absolute Gasteiger partial charge is 0.380 e. The SMILES string of the molecule is Cc1sc(-c2ccc(-c3cc4ccccc4c(-c4c(O)c(-c5ccc(-c6sc(C)c(C7=C(c8c(C)sc9ccccc89)C(F)(F)C(F)(F)C7(F)F)c6C)cc5)cc5ccccc45)c3O)cc2)c(C)c1C1=C(c2c(C)sc3ccccc23)C(F)(F)C(F)(F)C1(F)F. The lowest BCUT2D eigenvalue weighted by Crippen LogP contribution is -2.49. The average molecular weight is 1300 g/mol. The minimum atomic E-state index is -5.76. The number of hydrogen-bond donors (Lipinski definition) is 2. The maximum atomic E-state index is 16.4. The summed E-state index contributed by atoms with van der Waals surface area (Å²) in [7, 11) is 0. The number of allylic oxidation sites excluding steroid dienone is 4. The van der Waals surface area contributed by atoms with Crippen molar-refractivity contribution in [3.63, 3.8) is 0 Å². The van der Waals surface area contributed by atoms with Gasteiger partial charge < -0.3 is 10.2 Å². The van der Waals surface area contributed by atoms with Crippen LogP contribution in [0.2, 0.25) is 0 Å². The van der Waals surface area contributed by atoms with Gasteiger partial charge in [0.05, 0.1) is 0 Å². The van der Waals surface area contributed by atoms with Gasteiger partial charge in [-0.25, -0.2) is 0 Å². The van der Waals surface area contributed by atoms with Crippen molar-refractivity contribution in [1.29, 1.82) is 0 Å². The Morgan fingerprint density at radius 2 is 0.578 bits per heavy atom. The molecule has 18 heteroatoms. The summed E-state index contributed by atoms with van der Waals surface area (Å²) in [6, 6.07) is 43.8. The fourth-order valence-electron chi connectivity index (χ4n) is 13.6. The molecule has 8 aromatic carbocycles. The summed E-state index contributed by atoms with van der Waals surface area (Å²) in [5.74, 6) is -33.0. The molecule has 0 unspecified atom stereocenters. The topological polar surface area (TPSA) is 40.5 Å². The van der Waals surface area contributed by atoms with Gasteiger partial charge in [0, 0.05) is 116 Å². The van der Waals surface area contributed by atoms with E-state index in [-0.39, 0.29) is 86.3 Å². The van der Waals surface area contributed by atoms with Crippen molar-refractivity contribution < 1.29 is 62.9 Å². The number of halogens is 12. The van der Waals surface area contributed by atoms with Crippen LogP contribution in [0.4, 0.5) is 52.7 Å². The molecule has 14 rings (SSSR count). The molecule has 0 saturated carbocycles. The number of aryl methyl sites for hydroxylation is 4. The molecule has 0 spiro atoms. The fraction of sp³-hybridized carbons (Fsp3) is 0.167. The van der Waals surface area contributed by atoms with Crippen molar-refractivity contribution in [3.05, 3.63) is 211 Å². The van der Waals surface area contributed by atoms with Crippen LogP contribution in [-0.2, 0) is 0 Å². The third-order valence-corrected chi connectivity index (χ3v) is 22.4. The van der Waals surface area contributed by atoms with Crippen LogP contribution < -0.4 is 0 Å². The Morgan fingerprint density at radius 3 is 0.922 bits per heavy atom. The number of hydrogen-bond acceptors (Lipinski definition) is 6. The molecule has 4 aromatic heterocycles. The average Bonchev–Trinajstić information content (AvgIpc) is 1.52. The molecule has 2 N–H and O–H groups in total. The minimum absolute atomic E-state index is 0.100. The monoisotopic (exact) mass is 1300 g/mol. The number of aromatic hydroxyl groups is 2. The standard InChI is InChI=1S/C72H46F12O2S4/c1-33-53(59-61(69(77,78)71(81,82)67(59,73)74)55-37(5)87-51-21-13-11-19-47(51)55)35(3)89-65(33)41-27-23-39(24-28-41)49-31-43-15-7-9-17-45(43)57(63(49)85)58-46-18-10-8-16-44(46)32-50(64(58)86)40-25-29-42(30-26-40)66-34(2)54(36(4)90-66)60-62(70(79,80)72(83,84)68(60,75)76)56-38(6)88-52-22-14-12-20-48(52)56/h7-32,85-86H,1-6H3. The highest BCUT2D eigenvalue weighted by Gasteiger charge is 2.82. The van der Waals surface area contributed by atoms with Gasteiger partial charge in [-0.15, -0.1) is 45.3 Å². The molecule has 0 aliphatic heterocycles. The molecule has 0 fully saturated rings. The molecule has 2 aliphatic rings. The van der Waals surface area contributed by atoms with E-state index in [0.717, 1.165) is 45.3 Å². The third-order valence-electron chi connectivity index (χ3n) is 17.7. The number of thiophene rings is 4. The van der Waals surface area contributed by atoms with Crippen molar-refractivity contribution in [2.75, 3.05) is 0 Å². The van der Waals surface area contributed by atoms with E-state index in [1.165, 1.54) is 65.8 Å². The fourth-order valence-corrected chi connectivity index (χ4v) is 18.0. The van der Waals surface area contributed by atoms with Crippen molar-refractivity contribution in [1.82, 2.24) is 0 Å². The van der Waals surface area contributed by atoms with Gasteiger partial charge in [-0.1, -0.05) is 133 Å². The van der Waals surface area contributed by atoms with Gasteiger partial charge in [-0.3, -0.25) is 0 Å². The Morgan fingerprint density at radius 1 is 0.300 bits per heavy atom. The lowest BCUT2D eigenvalue weighted by molar-refractivity contribution is -0.254. The molecule has 0 atom stereocenters. The second-order valence-electron chi connectivity index (χ2n) is 22.9. The number of alkyl halides is 12. The summed E-state index contributed by atoms with van der Waals surface area (Å²) in [4.78, 5) is 1.37. The van der Waals surface area contributed by atoms with E-state index in [1.807, 2.05) is 12.1 Å². The van der Waals surface area contributed by atoms with E-state index in [2.05, 4.69) is 0 Å². The highest BCUT2D eigenvalue weighted by atomic mass is 32.1. The number of benzene rings is 8. The summed E-state index contributed by atoms with van der Waals surface area (Å²) in [5.41, 5.74) is -3.89. The molecule has 12 aromatic rings. The number of fused-ring (bicyclic) bond motifs is 4. The maximum absolute atomic E-state index is 16.4. The lowest BCUT2D eigenvalue weighted by atomic mass is 9.86.